The summed E-state index contributed by atoms with van der Waals surface area (Å²) in [5.41, 5.74) is 1.28. The van der Waals surface area contributed by atoms with Crippen LogP contribution in [0, 0.1) is 6.92 Å². The van der Waals surface area contributed by atoms with Gasteiger partial charge in [0.25, 0.3) is 0 Å². The number of ether oxygens (including phenoxy) is 2. The fraction of sp³-hybridized carbons (Fsp3) is 0.273. The van der Waals surface area contributed by atoms with E-state index in [0.29, 0.717) is 0 Å². The van der Waals surface area contributed by atoms with Crippen LogP contribution in [-0.2, 0) is 0 Å². The van der Waals surface area contributed by atoms with Gasteiger partial charge in [0.05, 0.1) is 18.9 Å². The van der Waals surface area contributed by atoms with E-state index in [2.05, 4.69) is 18.4 Å². The Morgan fingerprint density at radius 2 is 1.93 bits per heavy atom. The molecule has 0 aliphatic carbocycles. The molecule has 0 saturated heterocycles. The van der Waals surface area contributed by atoms with Gasteiger partial charge in [-0.1, -0.05) is 0 Å². The van der Waals surface area contributed by atoms with Crippen LogP contribution in [0.15, 0.2) is 17.5 Å². The number of rotatable bonds is 2. The van der Waals surface area contributed by atoms with E-state index in [0.717, 1.165) is 16.2 Å². The minimum Gasteiger partial charge on any atom is -0.493 e. The zero-order valence-electron chi connectivity index (χ0n) is 8.46. The van der Waals surface area contributed by atoms with Gasteiger partial charge in [0.2, 0.25) is 0 Å². The van der Waals surface area contributed by atoms with Crippen LogP contribution >= 0.6 is 11.3 Å². The van der Waals surface area contributed by atoms with Crippen molar-refractivity contribution in [3.05, 3.63) is 23.1 Å². The summed E-state index contributed by atoms with van der Waals surface area (Å²) in [5, 5.41) is 3.37. The van der Waals surface area contributed by atoms with Gasteiger partial charge in [0.1, 0.15) is 0 Å². The van der Waals surface area contributed by atoms with Crippen LogP contribution in [0.25, 0.3) is 10.1 Å². The first-order valence-corrected chi connectivity index (χ1v) is 5.24. The number of methoxy groups -OCH3 is 2. The summed E-state index contributed by atoms with van der Waals surface area (Å²) in [6.07, 6.45) is 0. The van der Waals surface area contributed by atoms with Crippen LogP contribution in [0.1, 0.15) is 5.56 Å². The zero-order valence-corrected chi connectivity index (χ0v) is 9.27. The summed E-state index contributed by atoms with van der Waals surface area (Å²) in [7, 11) is 3.33. The van der Waals surface area contributed by atoms with Gasteiger partial charge in [-0.05, 0) is 35.4 Å². The third-order valence-corrected chi connectivity index (χ3v) is 3.39. The van der Waals surface area contributed by atoms with Gasteiger partial charge in [-0.3, -0.25) is 0 Å². The van der Waals surface area contributed by atoms with Crippen molar-refractivity contribution in [2.45, 2.75) is 6.92 Å². The summed E-state index contributed by atoms with van der Waals surface area (Å²) in [5.74, 6) is 1.63. The van der Waals surface area contributed by atoms with Gasteiger partial charge >= 0.3 is 0 Å². The highest BCUT2D eigenvalue weighted by Crippen LogP contribution is 2.39. The number of hydrogen-bond donors (Lipinski definition) is 0. The van der Waals surface area contributed by atoms with Gasteiger partial charge in [0.15, 0.2) is 11.5 Å². The zero-order chi connectivity index (χ0) is 10.1. The lowest BCUT2D eigenvalue weighted by Gasteiger charge is -2.07. The van der Waals surface area contributed by atoms with Gasteiger partial charge in [-0.25, -0.2) is 0 Å². The lowest BCUT2D eigenvalue weighted by molar-refractivity contribution is 0.359. The molecule has 0 spiro atoms. The lowest BCUT2D eigenvalue weighted by atomic mass is 10.2. The minimum atomic E-state index is 0.793. The normalized spacial score (nSPS) is 10.5. The Morgan fingerprint density at radius 1 is 1.14 bits per heavy atom. The molecule has 0 aliphatic rings. The maximum absolute atomic E-state index is 5.35. The average Bonchev–Trinajstić information content (AvgIpc) is 2.59. The third kappa shape index (κ3) is 1.24. The highest BCUT2D eigenvalue weighted by Gasteiger charge is 2.11. The molecule has 1 aromatic carbocycles. The lowest BCUT2D eigenvalue weighted by Crippen LogP contribution is -1.89. The van der Waals surface area contributed by atoms with E-state index in [4.69, 9.17) is 9.47 Å². The molecular formula is C11H12O2S. The molecule has 1 aromatic heterocycles. The molecule has 0 bridgehead atoms. The molecule has 0 fully saturated rings. The van der Waals surface area contributed by atoms with E-state index in [1.54, 1.807) is 25.6 Å². The molecule has 1 heterocycles. The van der Waals surface area contributed by atoms with Crippen molar-refractivity contribution in [2.75, 3.05) is 14.2 Å². The Kier molecular flexibility index (Phi) is 2.33. The fourth-order valence-corrected chi connectivity index (χ4v) is 2.61. The van der Waals surface area contributed by atoms with E-state index in [-0.39, 0.29) is 0 Å². The van der Waals surface area contributed by atoms with Crippen LogP contribution in [0.3, 0.4) is 0 Å². The molecule has 2 nitrogen and oxygen atoms in total. The van der Waals surface area contributed by atoms with Crippen LogP contribution in [0.5, 0.6) is 11.5 Å². The predicted octanol–water partition coefficient (Wildman–Crippen LogP) is 3.23. The second-order valence-corrected chi connectivity index (χ2v) is 3.98. The molecule has 14 heavy (non-hydrogen) atoms. The Bertz CT molecular complexity index is 460. The standard InChI is InChI=1S/C11H12O2S/c1-7-6-14-11-8(7)4-5-9(12-2)10(11)13-3/h4-6H,1-3H3. The molecule has 74 valence electrons. The topological polar surface area (TPSA) is 18.5 Å². The van der Waals surface area contributed by atoms with Crippen molar-refractivity contribution >= 4 is 21.4 Å². The number of hydrogen-bond acceptors (Lipinski definition) is 3. The molecule has 3 heteroatoms. The monoisotopic (exact) mass is 208 g/mol. The summed E-state index contributed by atoms with van der Waals surface area (Å²) < 4.78 is 11.7. The number of thiophene rings is 1. The molecule has 2 aromatic rings. The first-order valence-electron chi connectivity index (χ1n) is 4.36. The predicted molar refractivity (Wildman–Crippen MR) is 59.7 cm³/mol. The fourth-order valence-electron chi connectivity index (χ4n) is 1.54. The van der Waals surface area contributed by atoms with E-state index < -0.39 is 0 Å². The summed E-state index contributed by atoms with van der Waals surface area (Å²) in [6.45, 7) is 2.10. The Morgan fingerprint density at radius 3 is 2.57 bits per heavy atom. The van der Waals surface area contributed by atoms with Gasteiger partial charge in [-0.2, -0.15) is 0 Å². The van der Waals surface area contributed by atoms with Gasteiger partial charge in [0, 0.05) is 0 Å². The van der Waals surface area contributed by atoms with Crippen LogP contribution in [0.4, 0.5) is 0 Å². The van der Waals surface area contributed by atoms with Crippen LogP contribution < -0.4 is 9.47 Å². The highest BCUT2D eigenvalue weighted by molar-refractivity contribution is 7.17. The highest BCUT2D eigenvalue weighted by atomic mass is 32.1. The van der Waals surface area contributed by atoms with E-state index >= 15 is 0 Å². The Hall–Kier alpha value is -1.22. The smallest absolute Gasteiger partial charge is 0.178 e. The molecule has 0 amide bonds. The van der Waals surface area contributed by atoms with Crippen molar-refractivity contribution < 1.29 is 9.47 Å². The average molecular weight is 208 g/mol. The molecule has 0 unspecified atom stereocenters. The quantitative estimate of drug-likeness (QED) is 0.754. The summed E-state index contributed by atoms with van der Waals surface area (Å²) in [6, 6.07) is 4.02. The molecule has 0 saturated carbocycles. The van der Waals surface area contributed by atoms with Crippen molar-refractivity contribution in [2.24, 2.45) is 0 Å². The maximum atomic E-state index is 5.35. The minimum absolute atomic E-state index is 0.793. The number of benzene rings is 1. The Balaban J connectivity index is 2.77. The molecule has 2 rings (SSSR count). The number of aryl methyl sites for hydroxylation is 1. The summed E-state index contributed by atoms with van der Waals surface area (Å²) >= 11 is 1.69. The van der Waals surface area contributed by atoms with E-state index in [9.17, 15) is 0 Å². The largest absolute Gasteiger partial charge is 0.493 e. The molecule has 0 aliphatic heterocycles. The molecule has 0 radical (unpaired) electrons. The molecule has 0 N–H and O–H groups in total. The van der Waals surface area contributed by atoms with Gasteiger partial charge in [-0.15, -0.1) is 11.3 Å². The SMILES string of the molecule is COc1ccc2c(C)csc2c1OC. The van der Waals surface area contributed by atoms with Crippen molar-refractivity contribution in [1.82, 2.24) is 0 Å². The second kappa shape index (κ2) is 3.50. The maximum Gasteiger partial charge on any atom is 0.178 e. The first-order chi connectivity index (χ1) is 6.77. The first kappa shape index (κ1) is 9.34. The van der Waals surface area contributed by atoms with Gasteiger partial charge < -0.3 is 9.47 Å². The van der Waals surface area contributed by atoms with Crippen molar-refractivity contribution in [3.63, 3.8) is 0 Å². The summed E-state index contributed by atoms with van der Waals surface area (Å²) in [4.78, 5) is 0. The van der Waals surface area contributed by atoms with Crippen molar-refractivity contribution in [3.8, 4) is 11.5 Å². The van der Waals surface area contributed by atoms with E-state index in [1.807, 2.05) is 6.07 Å². The Labute approximate surface area is 87.1 Å². The number of fused-ring (bicyclic) bond motifs is 1. The second-order valence-electron chi connectivity index (χ2n) is 3.10. The third-order valence-electron chi connectivity index (χ3n) is 2.28. The molecular weight excluding hydrogens is 196 g/mol. The van der Waals surface area contributed by atoms with E-state index in [1.165, 1.54) is 10.9 Å². The van der Waals surface area contributed by atoms with Crippen LogP contribution in [-0.4, -0.2) is 14.2 Å². The van der Waals surface area contributed by atoms with Crippen molar-refractivity contribution in [1.29, 1.82) is 0 Å². The molecule has 0 atom stereocenters. The van der Waals surface area contributed by atoms with Crippen LogP contribution in [0.2, 0.25) is 0 Å².